The molecular weight excluding hydrogens is 148 g/mol. The standard InChI is InChI=1S/C6H8N2OS/c1-10(9)8-6-3-2-4-7-5-6/h2-5,8H,1H3. The molecule has 1 atom stereocenters. The van der Waals surface area contributed by atoms with Gasteiger partial charge in [0.25, 0.3) is 0 Å². The van der Waals surface area contributed by atoms with Crippen LogP contribution in [0.15, 0.2) is 24.5 Å². The summed E-state index contributed by atoms with van der Waals surface area (Å²) in [6.07, 6.45) is 4.87. The summed E-state index contributed by atoms with van der Waals surface area (Å²) in [7, 11) is -1.01. The number of anilines is 1. The van der Waals surface area contributed by atoms with Gasteiger partial charge in [-0.05, 0) is 12.1 Å². The molecule has 0 aliphatic heterocycles. The number of hydrogen-bond acceptors (Lipinski definition) is 2. The molecule has 4 heteroatoms. The zero-order chi connectivity index (χ0) is 7.40. The van der Waals surface area contributed by atoms with Gasteiger partial charge in [0.2, 0.25) is 0 Å². The highest BCUT2D eigenvalue weighted by atomic mass is 32.2. The van der Waals surface area contributed by atoms with Gasteiger partial charge in [-0.3, -0.25) is 4.98 Å². The minimum absolute atomic E-state index is 0.781. The smallest absolute Gasteiger partial charge is 0.113 e. The lowest BCUT2D eigenvalue weighted by Crippen LogP contribution is -2.00. The highest BCUT2D eigenvalue weighted by molar-refractivity contribution is 7.85. The Bertz CT molecular complexity index is 224. The van der Waals surface area contributed by atoms with Crippen molar-refractivity contribution < 1.29 is 4.21 Å². The molecule has 1 N–H and O–H groups in total. The first-order valence-electron chi connectivity index (χ1n) is 2.79. The van der Waals surface area contributed by atoms with E-state index in [1.807, 2.05) is 6.07 Å². The van der Waals surface area contributed by atoms with E-state index in [4.69, 9.17) is 0 Å². The van der Waals surface area contributed by atoms with E-state index in [-0.39, 0.29) is 0 Å². The van der Waals surface area contributed by atoms with Crippen LogP contribution in [0.25, 0.3) is 0 Å². The Morgan fingerprint density at radius 2 is 2.50 bits per heavy atom. The fraction of sp³-hybridized carbons (Fsp3) is 0.167. The molecule has 0 aliphatic rings. The fourth-order valence-electron chi connectivity index (χ4n) is 0.589. The summed E-state index contributed by atoms with van der Waals surface area (Å²) in [5.41, 5.74) is 0.781. The van der Waals surface area contributed by atoms with E-state index in [1.54, 1.807) is 24.7 Å². The Hall–Kier alpha value is -0.900. The normalized spacial score (nSPS) is 12.5. The molecule has 10 heavy (non-hydrogen) atoms. The average Bonchev–Trinajstić information content (AvgIpc) is 1.88. The van der Waals surface area contributed by atoms with Gasteiger partial charge in [0.1, 0.15) is 11.0 Å². The van der Waals surface area contributed by atoms with Crippen LogP contribution in [0.2, 0.25) is 0 Å². The van der Waals surface area contributed by atoms with Crippen molar-refractivity contribution >= 4 is 16.7 Å². The van der Waals surface area contributed by atoms with Gasteiger partial charge >= 0.3 is 0 Å². The number of rotatable bonds is 2. The summed E-state index contributed by atoms with van der Waals surface area (Å²) in [4.78, 5) is 3.84. The molecule has 0 aromatic carbocycles. The summed E-state index contributed by atoms with van der Waals surface area (Å²) >= 11 is 0. The summed E-state index contributed by atoms with van der Waals surface area (Å²) in [6, 6.07) is 3.60. The van der Waals surface area contributed by atoms with Crippen LogP contribution in [0.3, 0.4) is 0 Å². The van der Waals surface area contributed by atoms with Crippen LogP contribution < -0.4 is 4.72 Å². The van der Waals surface area contributed by atoms with Crippen molar-refractivity contribution in [2.24, 2.45) is 0 Å². The van der Waals surface area contributed by atoms with Gasteiger partial charge in [0.05, 0.1) is 11.9 Å². The van der Waals surface area contributed by atoms with Crippen molar-refractivity contribution in [3.63, 3.8) is 0 Å². The van der Waals surface area contributed by atoms with E-state index in [0.717, 1.165) is 5.69 Å². The molecule has 1 unspecified atom stereocenters. The summed E-state index contributed by atoms with van der Waals surface area (Å²) < 4.78 is 13.3. The SMILES string of the molecule is CS(=O)Nc1cccnc1. The summed E-state index contributed by atoms with van der Waals surface area (Å²) in [6.45, 7) is 0. The Labute approximate surface area is 62.1 Å². The molecule has 0 fully saturated rings. The molecule has 0 saturated carbocycles. The van der Waals surface area contributed by atoms with Gasteiger partial charge in [-0.25, -0.2) is 4.21 Å². The number of nitrogens with one attached hydrogen (secondary N) is 1. The van der Waals surface area contributed by atoms with Gasteiger partial charge < -0.3 is 4.72 Å². The largest absolute Gasteiger partial charge is 0.304 e. The van der Waals surface area contributed by atoms with Crippen molar-refractivity contribution in [2.45, 2.75) is 0 Å². The summed E-state index contributed by atoms with van der Waals surface area (Å²) in [5, 5.41) is 0. The van der Waals surface area contributed by atoms with E-state index >= 15 is 0 Å². The lowest BCUT2D eigenvalue weighted by Gasteiger charge is -1.98. The third-order valence-corrected chi connectivity index (χ3v) is 1.45. The van der Waals surface area contributed by atoms with Gasteiger partial charge in [-0.2, -0.15) is 0 Å². The Morgan fingerprint density at radius 3 is 3.00 bits per heavy atom. The van der Waals surface area contributed by atoms with Crippen LogP contribution in [0, 0.1) is 0 Å². The maximum Gasteiger partial charge on any atom is 0.113 e. The third-order valence-electron chi connectivity index (χ3n) is 0.923. The molecule has 54 valence electrons. The topological polar surface area (TPSA) is 42.0 Å². The molecule has 0 spiro atoms. The van der Waals surface area contributed by atoms with Gasteiger partial charge in [0.15, 0.2) is 0 Å². The first-order valence-corrected chi connectivity index (χ1v) is 4.35. The second-order valence-electron chi connectivity index (χ2n) is 1.80. The number of hydrogen-bond donors (Lipinski definition) is 1. The fourth-order valence-corrected chi connectivity index (χ4v) is 1.04. The molecule has 3 nitrogen and oxygen atoms in total. The molecule has 0 radical (unpaired) electrons. The van der Waals surface area contributed by atoms with Crippen molar-refractivity contribution in [3.8, 4) is 0 Å². The lowest BCUT2D eigenvalue weighted by atomic mass is 10.4. The van der Waals surface area contributed by atoms with Crippen molar-refractivity contribution in [3.05, 3.63) is 24.5 Å². The van der Waals surface area contributed by atoms with Gasteiger partial charge in [-0.1, -0.05) is 0 Å². The average molecular weight is 156 g/mol. The van der Waals surface area contributed by atoms with Gasteiger partial charge in [-0.15, -0.1) is 0 Å². The molecular formula is C6H8N2OS. The lowest BCUT2D eigenvalue weighted by molar-refractivity contribution is 0.690. The molecule has 1 aromatic rings. The van der Waals surface area contributed by atoms with E-state index in [9.17, 15) is 4.21 Å². The van der Waals surface area contributed by atoms with Gasteiger partial charge in [0, 0.05) is 12.5 Å². The number of pyridine rings is 1. The molecule has 0 bridgehead atoms. The van der Waals surface area contributed by atoms with E-state index in [0.29, 0.717) is 0 Å². The Morgan fingerprint density at radius 1 is 1.70 bits per heavy atom. The van der Waals surface area contributed by atoms with E-state index in [2.05, 4.69) is 9.71 Å². The molecule has 0 amide bonds. The predicted octanol–water partition coefficient (Wildman–Crippen LogP) is 0.787. The highest BCUT2D eigenvalue weighted by Gasteiger charge is 1.89. The van der Waals surface area contributed by atoms with Crippen molar-refractivity contribution in [1.82, 2.24) is 4.98 Å². The molecule has 1 heterocycles. The monoisotopic (exact) mass is 156 g/mol. The quantitative estimate of drug-likeness (QED) is 0.687. The summed E-state index contributed by atoms with van der Waals surface area (Å²) in [5.74, 6) is 0. The van der Waals surface area contributed by atoms with Crippen LogP contribution in [-0.2, 0) is 11.0 Å². The van der Waals surface area contributed by atoms with E-state index in [1.165, 1.54) is 0 Å². The van der Waals surface area contributed by atoms with E-state index < -0.39 is 11.0 Å². The first kappa shape index (κ1) is 7.21. The van der Waals surface area contributed by atoms with Crippen molar-refractivity contribution in [1.29, 1.82) is 0 Å². The Balaban J connectivity index is 2.67. The second-order valence-corrected chi connectivity index (χ2v) is 2.91. The minimum Gasteiger partial charge on any atom is -0.304 e. The first-order chi connectivity index (χ1) is 4.79. The van der Waals surface area contributed by atoms with Crippen LogP contribution in [0.1, 0.15) is 0 Å². The zero-order valence-electron chi connectivity index (χ0n) is 5.57. The van der Waals surface area contributed by atoms with Crippen LogP contribution in [-0.4, -0.2) is 15.4 Å². The third kappa shape index (κ3) is 2.14. The van der Waals surface area contributed by atoms with Crippen LogP contribution in [0.4, 0.5) is 5.69 Å². The Kier molecular flexibility index (Phi) is 2.39. The second kappa shape index (κ2) is 3.31. The molecule has 0 aliphatic carbocycles. The number of nitrogens with zero attached hydrogens (tertiary/aromatic N) is 1. The predicted molar refractivity (Wildman–Crippen MR) is 41.9 cm³/mol. The molecule has 0 saturated heterocycles. The van der Waals surface area contributed by atoms with Crippen molar-refractivity contribution in [2.75, 3.05) is 11.0 Å². The number of aromatic nitrogens is 1. The molecule has 1 aromatic heterocycles. The zero-order valence-corrected chi connectivity index (χ0v) is 6.39. The van der Waals surface area contributed by atoms with Crippen LogP contribution >= 0.6 is 0 Å². The minimum atomic E-state index is -1.01. The molecule has 1 rings (SSSR count). The maximum absolute atomic E-state index is 10.6. The highest BCUT2D eigenvalue weighted by Crippen LogP contribution is 2.01. The maximum atomic E-state index is 10.6. The van der Waals surface area contributed by atoms with Crippen LogP contribution in [0.5, 0.6) is 0 Å².